The van der Waals surface area contributed by atoms with Crippen LogP contribution < -0.4 is 10.2 Å². The lowest BCUT2D eigenvalue weighted by atomic mass is 9.94. The summed E-state index contributed by atoms with van der Waals surface area (Å²) >= 11 is 0. The van der Waals surface area contributed by atoms with Crippen LogP contribution in [0.15, 0.2) is 18.2 Å². The number of amides is 2. The second kappa shape index (κ2) is 8.66. The van der Waals surface area contributed by atoms with Crippen LogP contribution in [0.25, 0.3) is 0 Å². The summed E-state index contributed by atoms with van der Waals surface area (Å²) in [7, 11) is 0. The highest BCUT2D eigenvalue weighted by Crippen LogP contribution is 2.31. The Balaban J connectivity index is 1.86. The van der Waals surface area contributed by atoms with Crippen LogP contribution in [0.2, 0.25) is 0 Å². The zero-order valence-corrected chi connectivity index (χ0v) is 18.4. The Morgan fingerprint density at radius 2 is 1.97 bits per heavy atom. The van der Waals surface area contributed by atoms with E-state index in [1.165, 1.54) is 4.90 Å². The summed E-state index contributed by atoms with van der Waals surface area (Å²) in [5.41, 5.74) is 1.36. The van der Waals surface area contributed by atoms with Gasteiger partial charge in [-0.25, -0.2) is 4.79 Å². The molecule has 0 radical (unpaired) electrons. The number of fused-ring (bicyclic) bond motifs is 1. The second-order valence-electron chi connectivity index (χ2n) is 8.78. The van der Waals surface area contributed by atoms with Crippen LogP contribution in [0, 0.1) is 5.92 Å². The molecule has 1 N–H and O–H groups in total. The lowest BCUT2D eigenvalue weighted by molar-refractivity contribution is -0.188. The highest BCUT2D eigenvalue weighted by atomic mass is 16.6. The maximum atomic E-state index is 13.2. The third-order valence-corrected chi connectivity index (χ3v) is 4.97. The zero-order valence-electron chi connectivity index (χ0n) is 18.4. The van der Waals surface area contributed by atoms with Crippen LogP contribution in [-0.4, -0.2) is 54.7 Å². The molecule has 2 aliphatic rings. The molecular weight excluding hydrogens is 404 g/mol. The minimum atomic E-state index is -1.52. The number of ether oxygens (including phenoxy) is 3. The van der Waals surface area contributed by atoms with Crippen molar-refractivity contribution < 1.29 is 33.4 Å². The maximum absolute atomic E-state index is 13.2. The Bertz CT molecular complexity index is 906. The lowest BCUT2D eigenvalue weighted by Crippen LogP contribution is -2.56. The summed E-state index contributed by atoms with van der Waals surface area (Å²) < 4.78 is 16.0. The van der Waals surface area contributed by atoms with Gasteiger partial charge in [0.2, 0.25) is 12.0 Å². The van der Waals surface area contributed by atoms with Crippen LogP contribution in [-0.2, 0) is 39.8 Å². The summed E-state index contributed by atoms with van der Waals surface area (Å²) in [6.45, 7) is 8.41. The van der Waals surface area contributed by atoms with E-state index >= 15 is 0 Å². The lowest BCUT2D eigenvalue weighted by Gasteiger charge is -2.36. The molecule has 1 saturated heterocycles. The SMILES string of the molecule is CC(=O)O[C@@H](C(=O)OC(C)(C)C)[C@H]1OCCN(c2ccc3c(c2)NC(=O)C(C)C3)C1=O. The zero-order chi connectivity index (χ0) is 22.9. The quantitative estimate of drug-likeness (QED) is 0.723. The smallest absolute Gasteiger partial charge is 0.351 e. The van der Waals surface area contributed by atoms with Gasteiger partial charge in [-0.05, 0) is 44.9 Å². The normalized spacial score (nSPS) is 22.3. The van der Waals surface area contributed by atoms with Gasteiger partial charge in [0.15, 0.2) is 6.10 Å². The van der Waals surface area contributed by atoms with E-state index in [9.17, 15) is 19.2 Å². The fraction of sp³-hybridized carbons (Fsp3) is 0.545. The first kappa shape index (κ1) is 22.7. The highest BCUT2D eigenvalue weighted by molar-refractivity contribution is 6.02. The number of rotatable bonds is 4. The van der Waals surface area contributed by atoms with Gasteiger partial charge in [0, 0.05) is 30.8 Å². The molecule has 9 heteroatoms. The van der Waals surface area contributed by atoms with E-state index in [4.69, 9.17) is 14.2 Å². The first-order valence-electron chi connectivity index (χ1n) is 10.2. The molecule has 1 aromatic rings. The van der Waals surface area contributed by atoms with E-state index in [1.54, 1.807) is 32.9 Å². The van der Waals surface area contributed by atoms with Crippen molar-refractivity contribution in [2.45, 2.75) is 58.8 Å². The third-order valence-electron chi connectivity index (χ3n) is 4.97. The molecule has 2 heterocycles. The molecule has 168 valence electrons. The van der Waals surface area contributed by atoms with Crippen LogP contribution in [0.1, 0.15) is 40.2 Å². The predicted octanol–water partition coefficient (Wildman–Crippen LogP) is 1.82. The molecule has 1 aromatic carbocycles. The molecule has 0 bridgehead atoms. The fourth-order valence-corrected chi connectivity index (χ4v) is 3.56. The van der Waals surface area contributed by atoms with Crippen LogP contribution >= 0.6 is 0 Å². The van der Waals surface area contributed by atoms with Crippen LogP contribution in [0.3, 0.4) is 0 Å². The van der Waals surface area contributed by atoms with Crippen molar-refractivity contribution in [3.05, 3.63) is 23.8 Å². The molecule has 0 aliphatic carbocycles. The number of carbonyl (C=O) groups is 4. The van der Waals surface area contributed by atoms with Crippen LogP contribution in [0.4, 0.5) is 11.4 Å². The van der Waals surface area contributed by atoms with Crippen molar-refractivity contribution in [2.24, 2.45) is 5.92 Å². The van der Waals surface area contributed by atoms with Crippen molar-refractivity contribution in [1.82, 2.24) is 0 Å². The van der Waals surface area contributed by atoms with Gasteiger partial charge in [-0.1, -0.05) is 13.0 Å². The van der Waals surface area contributed by atoms with Gasteiger partial charge in [0.1, 0.15) is 5.60 Å². The molecule has 3 rings (SSSR count). The fourth-order valence-electron chi connectivity index (χ4n) is 3.56. The Morgan fingerprint density at radius 1 is 1.26 bits per heavy atom. The summed E-state index contributed by atoms with van der Waals surface area (Å²) in [5, 5.41) is 2.86. The van der Waals surface area contributed by atoms with Crippen molar-refractivity contribution in [1.29, 1.82) is 0 Å². The molecule has 31 heavy (non-hydrogen) atoms. The highest BCUT2D eigenvalue weighted by Gasteiger charge is 2.44. The first-order valence-corrected chi connectivity index (χ1v) is 10.2. The van der Waals surface area contributed by atoms with Gasteiger partial charge in [-0.3, -0.25) is 14.4 Å². The standard InChI is InChI=1S/C22H28N2O7/c1-12-10-14-6-7-15(11-16(14)23-19(12)26)24-8-9-29-17(20(24)27)18(30-13(2)25)21(28)31-22(3,4)5/h6-7,11-12,17-18H,8-10H2,1-5H3,(H,23,26)/t12?,17-,18-/m1/s1. The molecule has 1 fully saturated rings. The van der Waals surface area contributed by atoms with Crippen molar-refractivity contribution in [3.63, 3.8) is 0 Å². The average molecular weight is 432 g/mol. The largest absolute Gasteiger partial charge is 0.457 e. The van der Waals surface area contributed by atoms with E-state index in [1.807, 2.05) is 13.0 Å². The maximum Gasteiger partial charge on any atom is 0.351 e. The Morgan fingerprint density at radius 3 is 2.61 bits per heavy atom. The van der Waals surface area contributed by atoms with E-state index in [2.05, 4.69) is 5.32 Å². The summed E-state index contributed by atoms with van der Waals surface area (Å²) in [4.78, 5) is 50.9. The summed E-state index contributed by atoms with van der Waals surface area (Å²) in [6.07, 6.45) is -2.24. The van der Waals surface area contributed by atoms with E-state index in [0.717, 1.165) is 12.5 Å². The molecule has 9 nitrogen and oxygen atoms in total. The Kier molecular flexibility index (Phi) is 6.35. The molecule has 0 aromatic heterocycles. The van der Waals surface area contributed by atoms with Gasteiger partial charge >= 0.3 is 11.9 Å². The van der Waals surface area contributed by atoms with Gasteiger partial charge < -0.3 is 24.4 Å². The number of nitrogens with zero attached hydrogens (tertiary/aromatic N) is 1. The number of esters is 2. The molecule has 2 amide bonds. The first-order chi connectivity index (χ1) is 14.5. The topological polar surface area (TPSA) is 111 Å². The minimum Gasteiger partial charge on any atom is -0.457 e. The van der Waals surface area contributed by atoms with E-state index < -0.39 is 35.7 Å². The number of morpholine rings is 1. The van der Waals surface area contributed by atoms with Gasteiger partial charge in [-0.2, -0.15) is 0 Å². The van der Waals surface area contributed by atoms with E-state index in [0.29, 0.717) is 17.8 Å². The van der Waals surface area contributed by atoms with Crippen molar-refractivity contribution >= 4 is 35.1 Å². The number of benzene rings is 1. The van der Waals surface area contributed by atoms with E-state index in [-0.39, 0.29) is 25.0 Å². The van der Waals surface area contributed by atoms with Crippen molar-refractivity contribution in [3.8, 4) is 0 Å². The third kappa shape index (κ3) is 5.22. The van der Waals surface area contributed by atoms with Crippen LogP contribution in [0.5, 0.6) is 0 Å². The molecule has 3 atom stereocenters. The van der Waals surface area contributed by atoms with Gasteiger partial charge in [0.05, 0.1) is 6.61 Å². The number of carbonyl (C=O) groups excluding carboxylic acids is 4. The van der Waals surface area contributed by atoms with Crippen molar-refractivity contribution in [2.75, 3.05) is 23.4 Å². The second-order valence-corrected chi connectivity index (χ2v) is 8.78. The predicted molar refractivity (Wildman–Crippen MR) is 111 cm³/mol. The summed E-state index contributed by atoms with van der Waals surface area (Å²) in [5.74, 6) is -2.30. The Hall–Kier alpha value is -2.94. The minimum absolute atomic E-state index is 0.0734. The Labute approximate surface area is 181 Å². The number of nitrogens with one attached hydrogen (secondary N) is 1. The monoisotopic (exact) mass is 432 g/mol. The number of hydrogen-bond donors (Lipinski definition) is 1. The summed E-state index contributed by atoms with van der Waals surface area (Å²) in [6, 6.07) is 5.39. The van der Waals surface area contributed by atoms with Gasteiger partial charge in [0.25, 0.3) is 5.91 Å². The average Bonchev–Trinajstić information content (AvgIpc) is 2.66. The molecule has 2 aliphatic heterocycles. The number of anilines is 2. The van der Waals surface area contributed by atoms with Gasteiger partial charge in [-0.15, -0.1) is 0 Å². The molecule has 1 unspecified atom stereocenters. The molecule has 0 spiro atoms. The molecule has 0 saturated carbocycles. The number of hydrogen-bond acceptors (Lipinski definition) is 7. The molecular formula is C22H28N2O7.